The van der Waals surface area contributed by atoms with Crippen LogP contribution >= 0.6 is 0 Å². The molecule has 8 heteroatoms. The van der Waals surface area contributed by atoms with E-state index >= 15 is 0 Å². The number of nitrogen functional groups attached to an aromatic ring is 1. The molecule has 0 aliphatic heterocycles. The molecule has 0 radical (unpaired) electrons. The van der Waals surface area contributed by atoms with E-state index in [2.05, 4.69) is 9.71 Å². The van der Waals surface area contributed by atoms with Gasteiger partial charge in [0.25, 0.3) is 10.0 Å². The van der Waals surface area contributed by atoms with Crippen molar-refractivity contribution in [2.24, 2.45) is 5.73 Å². The van der Waals surface area contributed by atoms with Crippen LogP contribution in [0.5, 0.6) is 0 Å². The lowest BCUT2D eigenvalue weighted by Gasteiger charge is -2.10. The SMILES string of the molecule is NC(=O)c1ccc(S(=O)(=O)Nc2cccnc2)c(N)c1. The number of nitrogens with two attached hydrogens (primary N) is 2. The van der Waals surface area contributed by atoms with Gasteiger partial charge in [-0.05, 0) is 30.3 Å². The van der Waals surface area contributed by atoms with E-state index in [0.717, 1.165) is 0 Å². The molecular formula is C12H12N4O3S. The van der Waals surface area contributed by atoms with Crippen molar-refractivity contribution in [1.82, 2.24) is 4.98 Å². The molecule has 2 rings (SSSR count). The van der Waals surface area contributed by atoms with Crippen molar-refractivity contribution in [3.63, 3.8) is 0 Å². The first-order valence-corrected chi connectivity index (χ1v) is 7.00. The van der Waals surface area contributed by atoms with E-state index in [-0.39, 0.29) is 16.1 Å². The van der Waals surface area contributed by atoms with E-state index < -0.39 is 15.9 Å². The third kappa shape index (κ3) is 2.86. The Morgan fingerprint density at radius 2 is 2.00 bits per heavy atom. The summed E-state index contributed by atoms with van der Waals surface area (Å²) < 4.78 is 26.7. The van der Waals surface area contributed by atoms with Gasteiger partial charge in [0.2, 0.25) is 5.91 Å². The zero-order valence-corrected chi connectivity index (χ0v) is 11.1. The number of amides is 1. The topological polar surface area (TPSA) is 128 Å². The fourth-order valence-electron chi connectivity index (χ4n) is 1.58. The van der Waals surface area contributed by atoms with Crippen molar-refractivity contribution in [2.45, 2.75) is 4.90 Å². The monoisotopic (exact) mass is 292 g/mol. The van der Waals surface area contributed by atoms with E-state index in [0.29, 0.717) is 5.69 Å². The van der Waals surface area contributed by atoms with Crippen molar-refractivity contribution >= 4 is 27.3 Å². The van der Waals surface area contributed by atoms with Crippen molar-refractivity contribution in [3.8, 4) is 0 Å². The molecule has 104 valence electrons. The van der Waals surface area contributed by atoms with E-state index in [4.69, 9.17) is 11.5 Å². The van der Waals surface area contributed by atoms with Gasteiger partial charge in [-0.2, -0.15) is 0 Å². The minimum Gasteiger partial charge on any atom is -0.398 e. The second kappa shape index (κ2) is 5.17. The lowest BCUT2D eigenvalue weighted by atomic mass is 10.2. The number of sulfonamides is 1. The van der Waals surface area contributed by atoms with Crippen LogP contribution in [0.15, 0.2) is 47.6 Å². The van der Waals surface area contributed by atoms with Gasteiger partial charge in [-0.1, -0.05) is 0 Å². The highest BCUT2D eigenvalue weighted by Crippen LogP contribution is 2.22. The Balaban J connectivity index is 2.37. The summed E-state index contributed by atoms with van der Waals surface area (Å²) in [6, 6.07) is 6.90. The maximum Gasteiger partial charge on any atom is 0.263 e. The fourth-order valence-corrected chi connectivity index (χ4v) is 2.74. The van der Waals surface area contributed by atoms with Crippen molar-refractivity contribution in [2.75, 3.05) is 10.5 Å². The van der Waals surface area contributed by atoms with Crippen LogP contribution in [0.1, 0.15) is 10.4 Å². The van der Waals surface area contributed by atoms with E-state index in [9.17, 15) is 13.2 Å². The molecule has 0 atom stereocenters. The number of hydrogen-bond acceptors (Lipinski definition) is 5. The molecule has 0 bridgehead atoms. The van der Waals surface area contributed by atoms with Gasteiger partial charge in [-0.25, -0.2) is 8.42 Å². The van der Waals surface area contributed by atoms with Gasteiger partial charge >= 0.3 is 0 Å². The number of aromatic nitrogens is 1. The molecule has 0 unspecified atom stereocenters. The molecule has 1 heterocycles. The van der Waals surface area contributed by atoms with E-state index in [1.807, 2.05) is 0 Å². The molecule has 0 spiro atoms. The highest BCUT2D eigenvalue weighted by Gasteiger charge is 2.18. The Kier molecular flexibility index (Phi) is 3.57. The molecular weight excluding hydrogens is 280 g/mol. The first-order valence-electron chi connectivity index (χ1n) is 5.52. The number of carbonyl (C=O) groups excluding carboxylic acids is 1. The molecule has 0 aliphatic carbocycles. The molecule has 1 aromatic heterocycles. The third-order valence-corrected chi connectivity index (χ3v) is 3.95. The van der Waals surface area contributed by atoms with Gasteiger partial charge < -0.3 is 11.5 Å². The Bertz CT molecular complexity index is 745. The standard InChI is InChI=1S/C12H12N4O3S/c13-10-6-8(12(14)17)3-4-11(10)20(18,19)16-9-2-1-5-15-7-9/h1-7,16H,13H2,(H2,14,17). The van der Waals surface area contributed by atoms with Crippen LogP contribution in [0.25, 0.3) is 0 Å². The molecule has 0 aliphatic rings. The maximum atomic E-state index is 12.2. The summed E-state index contributed by atoms with van der Waals surface area (Å²) in [5, 5.41) is 0. The molecule has 0 saturated heterocycles. The summed E-state index contributed by atoms with van der Waals surface area (Å²) in [6.45, 7) is 0. The van der Waals surface area contributed by atoms with Gasteiger partial charge in [0, 0.05) is 11.8 Å². The zero-order chi connectivity index (χ0) is 14.8. The Labute approximate surface area is 115 Å². The van der Waals surface area contributed by atoms with Crippen LogP contribution in [0.2, 0.25) is 0 Å². The van der Waals surface area contributed by atoms with E-state index in [1.165, 1.54) is 30.6 Å². The van der Waals surface area contributed by atoms with Crippen LogP contribution in [0, 0.1) is 0 Å². The van der Waals surface area contributed by atoms with Crippen molar-refractivity contribution in [3.05, 3.63) is 48.3 Å². The molecule has 0 fully saturated rings. The average molecular weight is 292 g/mol. The second-order valence-corrected chi connectivity index (χ2v) is 5.61. The van der Waals surface area contributed by atoms with Crippen molar-refractivity contribution in [1.29, 1.82) is 0 Å². The minimum absolute atomic E-state index is 0.0577. The number of nitrogens with one attached hydrogen (secondary N) is 1. The molecule has 20 heavy (non-hydrogen) atoms. The maximum absolute atomic E-state index is 12.2. The van der Waals surface area contributed by atoms with Crippen LogP contribution in [0.3, 0.4) is 0 Å². The number of pyridine rings is 1. The normalized spacial score (nSPS) is 11.0. The predicted octanol–water partition coefficient (Wildman–Crippen LogP) is 0.563. The molecule has 7 nitrogen and oxygen atoms in total. The number of rotatable bonds is 4. The molecule has 0 saturated carbocycles. The van der Waals surface area contributed by atoms with Gasteiger partial charge in [-0.3, -0.25) is 14.5 Å². The number of carbonyl (C=O) groups is 1. The zero-order valence-electron chi connectivity index (χ0n) is 10.3. The summed E-state index contributed by atoms with van der Waals surface area (Å²) in [5.74, 6) is -0.680. The summed E-state index contributed by atoms with van der Waals surface area (Å²) in [5.41, 5.74) is 11.1. The quantitative estimate of drug-likeness (QED) is 0.709. The van der Waals surface area contributed by atoms with Gasteiger partial charge in [0.15, 0.2) is 0 Å². The molecule has 1 amide bonds. The Hall–Kier alpha value is -2.61. The van der Waals surface area contributed by atoms with E-state index in [1.54, 1.807) is 12.1 Å². The van der Waals surface area contributed by atoms with Crippen LogP contribution in [0.4, 0.5) is 11.4 Å². The first-order chi connectivity index (χ1) is 9.40. The summed E-state index contributed by atoms with van der Waals surface area (Å²) in [4.78, 5) is 14.7. The largest absolute Gasteiger partial charge is 0.398 e. The van der Waals surface area contributed by atoms with Gasteiger partial charge in [0.1, 0.15) is 4.90 Å². The summed E-state index contributed by atoms with van der Waals surface area (Å²) >= 11 is 0. The van der Waals surface area contributed by atoms with Gasteiger partial charge in [0.05, 0.1) is 17.6 Å². The minimum atomic E-state index is -3.85. The summed E-state index contributed by atoms with van der Waals surface area (Å²) in [6.07, 6.45) is 2.89. The number of anilines is 2. The Morgan fingerprint density at radius 3 is 2.55 bits per heavy atom. The van der Waals surface area contributed by atoms with Crippen LogP contribution in [-0.4, -0.2) is 19.3 Å². The highest BCUT2D eigenvalue weighted by molar-refractivity contribution is 7.92. The highest BCUT2D eigenvalue weighted by atomic mass is 32.2. The number of nitrogens with zero attached hydrogens (tertiary/aromatic N) is 1. The fraction of sp³-hybridized carbons (Fsp3) is 0. The first kappa shape index (κ1) is 13.8. The lowest BCUT2D eigenvalue weighted by molar-refractivity contribution is 0.1000. The number of primary amides is 1. The predicted molar refractivity (Wildman–Crippen MR) is 74.4 cm³/mol. The third-order valence-electron chi connectivity index (χ3n) is 2.50. The van der Waals surface area contributed by atoms with Crippen LogP contribution < -0.4 is 16.2 Å². The van der Waals surface area contributed by atoms with Crippen molar-refractivity contribution < 1.29 is 13.2 Å². The molecule has 2 aromatic rings. The Morgan fingerprint density at radius 1 is 1.25 bits per heavy atom. The average Bonchev–Trinajstić information content (AvgIpc) is 2.38. The summed E-state index contributed by atoms with van der Waals surface area (Å²) in [7, 11) is -3.85. The van der Waals surface area contributed by atoms with Crippen LogP contribution in [-0.2, 0) is 10.0 Å². The molecule has 1 aromatic carbocycles. The van der Waals surface area contributed by atoms with Gasteiger partial charge in [-0.15, -0.1) is 0 Å². The second-order valence-electron chi connectivity index (χ2n) is 3.96. The lowest BCUT2D eigenvalue weighted by Crippen LogP contribution is -2.16. The number of hydrogen-bond donors (Lipinski definition) is 3. The number of benzene rings is 1. The smallest absolute Gasteiger partial charge is 0.263 e. The molecule has 5 N–H and O–H groups in total.